The van der Waals surface area contributed by atoms with Crippen molar-refractivity contribution >= 4 is 5.91 Å². The van der Waals surface area contributed by atoms with Crippen molar-refractivity contribution in [1.29, 1.82) is 0 Å². The van der Waals surface area contributed by atoms with E-state index < -0.39 is 0 Å². The number of hydrogen-bond acceptors (Lipinski definition) is 1. The van der Waals surface area contributed by atoms with Crippen molar-refractivity contribution in [3.63, 3.8) is 0 Å². The Bertz CT molecular complexity index is 117. The Balaban J connectivity index is 2.62. The molecule has 0 saturated heterocycles. The van der Waals surface area contributed by atoms with Gasteiger partial charge < -0.3 is 4.90 Å². The smallest absolute Gasteiger partial charge is 0.239 e. The number of hydrogen-bond donors (Lipinski definition) is 0. The fourth-order valence-corrected chi connectivity index (χ4v) is 0.390. The van der Waals surface area contributed by atoms with Crippen molar-refractivity contribution in [3.05, 3.63) is 18.7 Å². The van der Waals surface area contributed by atoms with E-state index in [4.69, 9.17) is 0 Å². The lowest BCUT2D eigenvalue weighted by atomic mass is 10.5. The maximum absolute atomic E-state index is 10.3. The number of nitrogens with zero attached hydrogens (tertiary/aromatic N) is 1. The number of amides is 1. The average molecular weight is 95.1 g/mol. The Hall–Kier alpha value is -0.790. The van der Waals surface area contributed by atoms with E-state index in [1.165, 1.54) is 4.90 Å². The fraction of sp³-hybridized carbons (Fsp3) is 0.200. The summed E-state index contributed by atoms with van der Waals surface area (Å²) in [7, 11) is 1.69. The Labute approximate surface area is 42.4 Å². The van der Waals surface area contributed by atoms with E-state index in [2.05, 4.69) is 6.42 Å². The van der Waals surface area contributed by atoms with Gasteiger partial charge in [-0.15, -0.1) is 0 Å². The molecule has 1 aliphatic heterocycles. The highest BCUT2D eigenvalue weighted by Gasteiger charge is 2.08. The number of carbonyl (C=O) groups excluding carboxylic acids is 1. The van der Waals surface area contributed by atoms with Gasteiger partial charge in [0.1, 0.15) is 6.42 Å². The Morgan fingerprint density at radius 2 is 2.57 bits per heavy atom. The van der Waals surface area contributed by atoms with E-state index >= 15 is 0 Å². The molecule has 7 heavy (non-hydrogen) atoms. The molecule has 1 aliphatic rings. The predicted octanol–water partition coefficient (Wildman–Crippen LogP) is 0.0534. The van der Waals surface area contributed by atoms with Crippen LogP contribution in [0, 0.1) is 6.42 Å². The van der Waals surface area contributed by atoms with Gasteiger partial charge in [0.05, 0.1) is 0 Å². The van der Waals surface area contributed by atoms with Gasteiger partial charge >= 0.3 is 0 Å². The van der Waals surface area contributed by atoms with E-state index in [0.717, 1.165) is 0 Å². The third-order valence-corrected chi connectivity index (χ3v) is 0.825. The van der Waals surface area contributed by atoms with Gasteiger partial charge in [0, 0.05) is 13.2 Å². The molecule has 0 saturated carbocycles. The van der Waals surface area contributed by atoms with E-state index in [1.807, 2.05) is 0 Å². The molecule has 0 spiro atoms. The number of rotatable bonds is 0. The molecule has 1 amide bonds. The molecule has 2 radical (unpaired) electrons. The van der Waals surface area contributed by atoms with Gasteiger partial charge in [-0.25, -0.2) is 0 Å². The summed E-state index contributed by atoms with van der Waals surface area (Å²) in [4.78, 5) is 11.8. The zero-order chi connectivity index (χ0) is 5.28. The van der Waals surface area contributed by atoms with Crippen LogP contribution in [0.5, 0.6) is 0 Å². The van der Waals surface area contributed by atoms with Gasteiger partial charge in [-0.05, 0) is 6.08 Å². The van der Waals surface area contributed by atoms with Crippen LogP contribution in [0.15, 0.2) is 12.3 Å². The van der Waals surface area contributed by atoms with E-state index in [9.17, 15) is 4.79 Å². The SMILES string of the molecule is CN1C=C[C]C1=O. The molecule has 0 aromatic heterocycles. The highest BCUT2D eigenvalue weighted by atomic mass is 16.2. The van der Waals surface area contributed by atoms with Crippen molar-refractivity contribution in [1.82, 2.24) is 4.90 Å². The van der Waals surface area contributed by atoms with Crippen LogP contribution >= 0.6 is 0 Å². The summed E-state index contributed by atoms with van der Waals surface area (Å²) in [5, 5.41) is 0. The monoisotopic (exact) mass is 95.0 g/mol. The van der Waals surface area contributed by atoms with Crippen LogP contribution in [0.3, 0.4) is 0 Å². The van der Waals surface area contributed by atoms with Crippen LogP contribution in [0.2, 0.25) is 0 Å². The van der Waals surface area contributed by atoms with Gasteiger partial charge in [-0.3, -0.25) is 4.79 Å². The van der Waals surface area contributed by atoms with Crippen LogP contribution in [0.25, 0.3) is 0 Å². The predicted molar refractivity (Wildman–Crippen MR) is 25.2 cm³/mol. The third kappa shape index (κ3) is 0.633. The first-order chi connectivity index (χ1) is 3.30. The first kappa shape index (κ1) is 4.37. The lowest BCUT2D eigenvalue weighted by Crippen LogP contribution is -2.14. The summed E-state index contributed by atoms with van der Waals surface area (Å²) < 4.78 is 0. The van der Waals surface area contributed by atoms with Crippen molar-refractivity contribution in [2.75, 3.05) is 7.05 Å². The Morgan fingerprint density at radius 3 is 2.71 bits per heavy atom. The highest BCUT2D eigenvalue weighted by Crippen LogP contribution is 1.99. The summed E-state index contributed by atoms with van der Waals surface area (Å²) in [6.45, 7) is 0. The zero-order valence-electron chi connectivity index (χ0n) is 4.01. The molecule has 0 aliphatic carbocycles. The molecule has 0 N–H and O–H groups in total. The molecule has 2 nitrogen and oxygen atoms in total. The van der Waals surface area contributed by atoms with Gasteiger partial charge in [0.15, 0.2) is 0 Å². The molecule has 0 bridgehead atoms. The van der Waals surface area contributed by atoms with Gasteiger partial charge in [0.25, 0.3) is 0 Å². The lowest BCUT2D eigenvalue weighted by Gasteiger charge is -2.00. The van der Waals surface area contributed by atoms with Crippen molar-refractivity contribution in [3.8, 4) is 0 Å². The molecule has 0 aromatic carbocycles. The summed E-state index contributed by atoms with van der Waals surface area (Å²) in [5.41, 5.74) is 0. The van der Waals surface area contributed by atoms with Gasteiger partial charge in [0.2, 0.25) is 5.91 Å². The Kier molecular flexibility index (Phi) is 0.855. The Morgan fingerprint density at radius 1 is 1.86 bits per heavy atom. The largest absolute Gasteiger partial charge is 0.322 e. The molecule has 36 valence electrons. The molecular formula is C5H5NO. The second kappa shape index (κ2) is 1.37. The molecule has 0 unspecified atom stereocenters. The van der Waals surface area contributed by atoms with Crippen LogP contribution < -0.4 is 0 Å². The van der Waals surface area contributed by atoms with Crippen molar-refractivity contribution < 1.29 is 4.79 Å². The first-order valence-electron chi connectivity index (χ1n) is 2.01. The topological polar surface area (TPSA) is 20.3 Å². The van der Waals surface area contributed by atoms with E-state index in [-0.39, 0.29) is 5.91 Å². The standard InChI is InChI=1S/C5H5NO/c1-6-4-2-3-5(6)7/h2,4H,1H3. The van der Waals surface area contributed by atoms with Gasteiger partial charge in [-0.2, -0.15) is 0 Å². The maximum Gasteiger partial charge on any atom is 0.239 e. The second-order valence-corrected chi connectivity index (χ2v) is 1.38. The lowest BCUT2D eigenvalue weighted by molar-refractivity contribution is -0.122. The molecule has 2 heteroatoms. The first-order valence-corrected chi connectivity index (χ1v) is 2.01. The summed E-state index contributed by atoms with van der Waals surface area (Å²) in [6.07, 6.45) is 5.74. The van der Waals surface area contributed by atoms with Crippen LogP contribution in [-0.2, 0) is 4.79 Å². The highest BCUT2D eigenvalue weighted by molar-refractivity contribution is 5.90. The minimum atomic E-state index is -0.0694. The quantitative estimate of drug-likeness (QED) is 0.416. The van der Waals surface area contributed by atoms with E-state index in [0.29, 0.717) is 0 Å². The normalized spacial score (nSPS) is 19.0. The summed E-state index contributed by atoms with van der Waals surface area (Å²) in [5.74, 6) is -0.0694. The minimum absolute atomic E-state index is 0.0694. The molecular weight excluding hydrogens is 90.1 g/mol. The molecule has 0 atom stereocenters. The average Bonchev–Trinajstić information content (AvgIpc) is 1.91. The minimum Gasteiger partial charge on any atom is -0.322 e. The molecule has 0 fully saturated rings. The third-order valence-electron chi connectivity index (χ3n) is 0.825. The van der Waals surface area contributed by atoms with Crippen molar-refractivity contribution in [2.45, 2.75) is 0 Å². The van der Waals surface area contributed by atoms with Crippen LogP contribution in [0.1, 0.15) is 0 Å². The van der Waals surface area contributed by atoms with Gasteiger partial charge in [-0.1, -0.05) is 0 Å². The summed E-state index contributed by atoms with van der Waals surface area (Å²) >= 11 is 0. The zero-order valence-corrected chi connectivity index (χ0v) is 4.01. The van der Waals surface area contributed by atoms with Crippen molar-refractivity contribution in [2.24, 2.45) is 0 Å². The van der Waals surface area contributed by atoms with Crippen LogP contribution in [-0.4, -0.2) is 17.9 Å². The molecule has 1 heterocycles. The number of carbonyl (C=O) groups is 1. The van der Waals surface area contributed by atoms with E-state index in [1.54, 1.807) is 19.3 Å². The maximum atomic E-state index is 10.3. The fourth-order valence-electron chi connectivity index (χ4n) is 0.390. The molecule has 1 rings (SSSR count). The second-order valence-electron chi connectivity index (χ2n) is 1.38. The van der Waals surface area contributed by atoms with Crippen LogP contribution in [0.4, 0.5) is 0 Å². The molecule has 0 aromatic rings. The summed E-state index contributed by atoms with van der Waals surface area (Å²) in [6, 6.07) is 0.